The summed E-state index contributed by atoms with van der Waals surface area (Å²) >= 11 is 0. The number of hydroxylamine groups is 1. The van der Waals surface area contributed by atoms with Gasteiger partial charge in [-0.2, -0.15) is 0 Å². The Morgan fingerprint density at radius 3 is 2.22 bits per heavy atom. The number of sulfone groups is 1. The molecular formula is C26H31NO9S. The Bertz CT molecular complexity index is 1200. The van der Waals surface area contributed by atoms with E-state index in [1.807, 2.05) is 0 Å². The number of esters is 1. The first-order valence-corrected chi connectivity index (χ1v) is 13.2. The van der Waals surface area contributed by atoms with E-state index in [-0.39, 0.29) is 31.0 Å². The lowest BCUT2D eigenvalue weighted by Crippen LogP contribution is -2.54. The third-order valence-electron chi connectivity index (χ3n) is 6.24. The molecule has 10 nitrogen and oxygen atoms in total. The Kier molecular flexibility index (Phi) is 9.67. The van der Waals surface area contributed by atoms with Crippen LogP contribution in [0.15, 0.2) is 59.5 Å². The van der Waals surface area contributed by atoms with Crippen LogP contribution in [0.25, 0.3) is 5.57 Å². The normalized spacial score (nSPS) is 15.5. The van der Waals surface area contributed by atoms with Gasteiger partial charge in [-0.3, -0.25) is 10.0 Å². The number of hydrogen-bond donors (Lipinski definition) is 2. The van der Waals surface area contributed by atoms with Gasteiger partial charge in [-0.25, -0.2) is 18.7 Å². The molecule has 1 saturated heterocycles. The van der Waals surface area contributed by atoms with Gasteiger partial charge in [0.15, 0.2) is 14.6 Å². The predicted octanol–water partition coefficient (Wildman–Crippen LogP) is 2.94. The number of hydrogen-bond acceptors (Lipinski definition) is 9. The number of methoxy groups -OCH3 is 2. The molecule has 2 N–H and O–H groups in total. The van der Waals surface area contributed by atoms with Crippen molar-refractivity contribution >= 4 is 27.3 Å². The Balaban J connectivity index is 1.62. The Labute approximate surface area is 216 Å². The van der Waals surface area contributed by atoms with Crippen LogP contribution in [0.2, 0.25) is 0 Å². The highest BCUT2D eigenvalue weighted by atomic mass is 32.2. The molecular weight excluding hydrogens is 502 g/mol. The van der Waals surface area contributed by atoms with E-state index in [1.54, 1.807) is 37.5 Å². The molecule has 0 spiro atoms. The summed E-state index contributed by atoms with van der Waals surface area (Å²) in [6.07, 6.45) is 2.81. The molecule has 0 aliphatic carbocycles. The van der Waals surface area contributed by atoms with Crippen LogP contribution in [-0.4, -0.2) is 64.3 Å². The van der Waals surface area contributed by atoms with E-state index < -0.39 is 26.5 Å². The van der Waals surface area contributed by atoms with Gasteiger partial charge in [0.05, 0.1) is 31.3 Å². The molecule has 0 aromatic heterocycles. The highest BCUT2D eigenvalue weighted by molar-refractivity contribution is 7.93. The maximum atomic E-state index is 13.3. The standard InChI is InChI=1S/C26H31NO9S/c1-33-20-8-6-19(7-9-20)23(24(28)34-2)5-3-4-16-36-21-10-12-22(13-11-21)37(31,32)26(25(29)27-30)14-17-35-18-15-26/h5-13,30H,3-4,14-18H2,1-2H3,(H,27,29)/b23-5-. The van der Waals surface area contributed by atoms with Gasteiger partial charge < -0.3 is 18.9 Å². The quantitative estimate of drug-likeness (QED) is 0.147. The van der Waals surface area contributed by atoms with E-state index in [0.29, 0.717) is 42.1 Å². The third kappa shape index (κ3) is 6.30. The molecule has 37 heavy (non-hydrogen) atoms. The second kappa shape index (κ2) is 12.7. The summed E-state index contributed by atoms with van der Waals surface area (Å²) in [6, 6.07) is 12.9. The van der Waals surface area contributed by atoms with Crippen molar-refractivity contribution in [1.82, 2.24) is 5.48 Å². The zero-order valence-corrected chi connectivity index (χ0v) is 21.6. The van der Waals surface area contributed by atoms with Crippen LogP contribution in [0.3, 0.4) is 0 Å². The highest BCUT2D eigenvalue weighted by Gasteiger charge is 2.52. The lowest BCUT2D eigenvalue weighted by molar-refractivity contribution is -0.134. The van der Waals surface area contributed by atoms with Crippen molar-refractivity contribution in [1.29, 1.82) is 0 Å². The smallest absolute Gasteiger partial charge is 0.338 e. The van der Waals surface area contributed by atoms with Crippen molar-refractivity contribution in [3.8, 4) is 11.5 Å². The molecule has 0 saturated carbocycles. The van der Waals surface area contributed by atoms with Crippen molar-refractivity contribution in [2.45, 2.75) is 35.3 Å². The first-order chi connectivity index (χ1) is 17.8. The SMILES string of the molecule is COC(=O)/C(=C\CCCOc1ccc(S(=O)(=O)C2(C(=O)NO)CCOCC2)cc1)c1ccc(OC)cc1. The predicted molar refractivity (Wildman–Crippen MR) is 134 cm³/mol. The molecule has 200 valence electrons. The maximum absolute atomic E-state index is 13.3. The van der Waals surface area contributed by atoms with Gasteiger partial charge in [-0.05, 0) is 67.6 Å². The summed E-state index contributed by atoms with van der Waals surface area (Å²) < 4.78 is 45.8. The number of amides is 1. The highest BCUT2D eigenvalue weighted by Crippen LogP contribution is 2.35. The molecule has 2 aromatic rings. The fourth-order valence-corrected chi connectivity index (χ4v) is 6.02. The molecule has 1 aliphatic heterocycles. The average molecular weight is 534 g/mol. The fraction of sp³-hybridized carbons (Fsp3) is 0.385. The van der Waals surface area contributed by atoms with Crippen molar-refractivity contribution in [3.63, 3.8) is 0 Å². The monoisotopic (exact) mass is 533 g/mol. The Morgan fingerprint density at radius 1 is 1.03 bits per heavy atom. The van der Waals surface area contributed by atoms with Gasteiger partial charge in [-0.15, -0.1) is 0 Å². The van der Waals surface area contributed by atoms with Gasteiger partial charge in [0.25, 0.3) is 5.91 Å². The number of nitrogens with one attached hydrogen (secondary N) is 1. The molecule has 0 radical (unpaired) electrons. The first kappa shape index (κ1) is 28.2. The second-order valence-electron chi connectivity index (χ2n) is 8.35. The van der Waals surface area contributed by atoms with Crippen LogP contribution in [-0.2, 0) is 28.9 Å². The number of carbonyl (C=O) groups excluding carboxylic acids is 2. The minimum absolute atomic E-state index is 0.0458. The van der Waals surface area contributed by atoms with Gasteiger partial charge in [-0.1, -0.05) is 18.2 Å². The van der Waals surface area contributed by atoms with Crippen LogP contribution in [0, 0.1) is 0 Å². The van der Waals surface area contributed by atoms with Crippen molar-refractivity contribution < 1.29 is 42.2 Å². The summed E-state index contributed by atoms with van der Waals surface area (Å²) in [4.78, 5) is 24.5. The van der Waals surface area contributed by atoms with Crippen molar-refractivity contribution in [2.24, 2.45) is 0 Å². The maximum Gasteiger partial charge on any atom is 0.338 e. The van der Waals surface area contributed by atoms with Crippen LogP contribution >= 0.6 is 0 Å². The Morgan fingerprint density at radius 2 is 1.65 bits per heavy atom. The number of allylic oxidation sites excluding steroid dienone is 1. The van der Waals surface area contributed by atoms with Crippen LogP contribution in [0.1, 0.15) is 31.2 Å². The number of benzene rings is 2. The second-order valence-corrected chi connectivity index (χ2v) is 10.6. The fourth-order valence-electron chi connectivity index (χ4n) is 4.08. The van der Waals surface area contributed by atoms with Gasteiger partial charge in [0.1, 0.15) is 11.5 Å². The number of carbonyl (C=O) groups is 2. The van der Waals surface area contributed by atoms with Gasteiger partial charge in [0.2, 0.25) is 0 Å². The minimum atomic E-state index is -4.10. The zero-order valence-electron chi connectivity index (χ0n) is 20.8. The van der Waals surface area contributed by atoms with Crippen molar-refractivity contribution in [2.75, 3.05) is 34.0 Å². The summed E-state index contributed by atoms with van der Waals surface area (Å²) in [5.74, 6) is -0.274. The number of unbranched alkanes of at least 4 members (excludes halogenated alkanes) is 1. The van der Waals surface area contributed by atoms with E-state index in [4.69, 9.17) is 24.2 Å². The van der Waals surface area contributed by atoms with Crippen molar-refractivity contribution in [3.05, 3.63) is 60.2 Å². The largest absolute Gasteiger partial charge is 0.497 e. The van der Waals surface area contributed by atoms with Gasteiger partial charge in [0, 0.05) is 13.2 Å². The van der Waals surface area contributed by atoms with E-state index in [2.05, 4.69) is 0 Å². The number of ether oxygens (including phenoxy) is 4. The summed E-state index contributed by atoms with van der Waals surface area (Å²) in [6.45, 7) is 0.519. The molecule has 0 atom stereocenters. The molecule has 1 aliphatic rings. The average Bonchev–Trinajstić information content (AvgIpc) is 2.94. The molecule has 1 heterocycles. The summed E-state index contributed by atoms with van der Waals surface area (Å²) in [7, 11) is -1.21. The number of rotatable bonds is 11. The summed E-state index contributed by atoms with van der Waals surface area (Å²) in [5.41, 5.74) is 2.65. The molecule has 2 aromatic carbocycles. The molecule has 1 amide bonds. The van der Waals surface area contributed by atoms with E-state index in [1.165, 1.54) is 36.9 Å². The van der Waals surface area contributed by atoms with Crippen LogP contribution < -0.4 is 15.0 Å². The molecule has 1 fully saturated rings. The lowest BCUT2D eigenvalue weighted by Gasteiger charge is -2.34. The molecule has 0 unspecified atom stereocenters. The lowest BCUT2D eigenvalue weighted by atomic mass is 9.98. The first-order valence-electron chi connectivity index (χ1n) is 11.7. The molecule has 3 rings (SSSR count). The van der Waals surface area contributed by atoms with E-state index in [9.17, 15) is 18.0 Å². The van der Waals surface area contributed by atoms with Crippen LogP contribution in [0.4, 0.5) is 0 Å². The zero-order chi connectivity index (χ0) is 26.9. The van der Waals surface area contributed by atoms with E-state index in [0.717, 1.165) is 0 Å². The molecule has 0 bridgehead atoms. The van der Waals surface area contributed by atoms with Gasteiger partial charge >= 0.3 is 5.97 Å². The minimum Gasteiger partial charge on any atom is -0.497 e. The third-order valence-corrected chi connectivity index (χ3v) is 8.75. The topological polar surface area (TPSA) is 137 Å². The molecule has 11 heteroatoms. The summed E-state index contributed by atoms with van der Waals surface area (Å²) in [5, 5.41) is 9.15. The Hall–Kier alpha value is -3.41. The van der Waals surface area contributed by atoms with E-state index >= 15 is 0 Å². The van der Waals surface area contributed by atoms with Crippen LogP contribution in [0.5, 0.6) is 11.5 Å².